The molecule has 0 fully saturated rings. The van der Waals surface area contributed by atoms with Gasteiger partial charge in [-0.25, -0.2) is 0 Å². The molecule has 1 aromatic carbocycles. The van der Waals surface area contributed by atoms with E-state index in [2.05, 4.69) is 5.32 Å². The van der Waals surface area contributed by atoms with Crippen molar-refractivity contribution in [1.29, 1.82) is 0 Å². The van der Waals surface area contributed by atoms with Gasteiger partial charge in [0, 0.05) is 24.3 Å². The van der Waals surface area contributed by atoms with E-state index in [1.165, 1.54) is 6.92 Å². The Morgan fingerprint density at radius 1 is 1.05 bits per heavy atom. The highest BCUT2D eigenvalue weighted by Gasteiger charge is 2.12. The molecule has 0 aliphatic heterocycles. The number of benzene rings is 1. The zero-order valence-corrected chi connectivity index (χ0v) is 12.1. The van der Waals surface area contributed by atoms with Crippen molar-refractivity contribution in [3.8, 4) is 0 Å². The lowest BCUT2D eigenvalue weighted by Crippen LogP contribution is -2.30. The molecule has 0 saturated heterocycles. The van der Waals surface area contributed by atoms with Crippen LogP contribution in [0.2, 0.25) is 0 Å². The Hall–Kier alpha value is -2.17. The third-order valence-corrected chi connectivity index (χ3v) is 2.88. The number of ketones is 1. The number of carbonyl (C=O) groups excluding carboxylic acids is 3. The number of amides is 2. The van der Waals surface area contributed by atoms with Gasteiger partial charge >= 0.3 is 0 Å². The van der Waals surface area contributed by atoms with Crippen molar-refractivity contribution in [2.24, 2.45) is 0 Å². The second-order valence-electron chi connectivity index (χ2n) is 4.48. The van der Waals surface area contributed by atoms with Crippen LogP contribution in [0.5, 0.6) is 0 Å². The van der Waals surface area contributed by atoms with Crippen LogP contribution in [0.4, 0.5) is 5.69 Å². The van der Waals surface area contributed by atoms with Crippen molar-refractivity contribution in [2.75, 3.05) is 18.4 Å². The van der Waals surface area contributed by atoms with Crippen molar-refractivity contribution in [1.82, 2.24) is 4.90 Å². The highest BCUT2D eigenvalue weighted by molar-refractivity contribution is 6.03. The van der Waals surface area contributed by atoms with Gasteiger partial charge in [-0.1, -0.05) is 0 Å². The molecule has 1 aromatic rings. The van der Waals surface area contributed by atoms with Gasteiger partial charge in [-0.2, -0.15) is 0 Å². The van der Waals surface area contributed by atoms with Crippen LogP contribution >= 0.6 is 0 Å². The molecule has 0 unspecified atom stereocenters. The zero-order valence-electron chi connectivity index (χ0n) is 12.1. The lowest BCUT2D eigenvalue weighted by Gasteiger charge is -2.18. The average molecular weight is 276 g/mol. The van der Waals surface area contributed by atoms with E-state index >= 15 is 0 Å². The molecule has 0 aliphatic carbocycles. The van der Waals surface area contributed by atoms with Crippen LogP contribution in [0.3, 0.4) is 0 Å². The van der Waals surface area contributed by atoms with Crippen molar-refractivity contribution < 1.29 is 14.4 Å². The third-order valence-electron chi connectivity index (χ3n) is 2.88. The summed E-state index contributed by atoms with van der Waals surface area (Å²) in [5.41, 5.74) is 1.16. The molecule has 0 aromatic heterocycles. The van der Waals surface area contributed by atoms with Gasteiger partial charge in [0.15, 0.2) is 0 Å². The first-order valence-corrected chi connectivity index (χ1v) is 6.66. The maximum absolute atomic E-state index is 12.1. The van der Waals surface area contributed by atoms with Crippen LogP contribution in [-0.2, 0) is 9.59 Å². The fraction of sp³-hybridized carbons (Fsp3) is 0.400. The number of Topliss-reactive ketones (excluding diaryl/α,β-unsaturated/α-hetero) is 1. The second kappa shape index (κ2) is 7.43. The number of rotatable bonds is 6. The summed E-state index contributed by atoms with van der Waals surface area (Å²) in [7, 11) is 0. The second-order valence-corrected chi connectivity index (χ2v) is 4.48. The average Bonchev–Trinajstić information content (AvgIpc) is 2.39. The van der Waals surface area contributed by atoms with E-state index < -0.39 is 0 Å². The third kappa shape index (κ3) is 4.50. The number of carbonyl (C=O) groups is 3. The highest BCUT2D eigenvalue weighted by atomic mass is 16.2. The molecule has 0 spiro atoms. The summed E-state index contributed by atoms with van der Waals surface area (Å²) in [6, 6.07) is 6.66. The minimum atomic E-state index is -0.347. The van der Waals surface area contributed by atoms with Crippen LogP contribution in [0.25, 0.3) is 0 Å². The highest BCUT2D eigenvalue weighted by Crippen LogP contribution is 2.12. The molecule has 0 heterocycles. The molecule has 0 bridgehead atoms. The fourth-order valence-corrected chi connectivity index (χ4v) is 1.82. The van der Waals surface area contributed by atoms with E-state index in [9.17, 15) is 14.4 Å². The Balaban J connectivity index is 2.71. The lowest BCUT2D eigenvalue weighted by molar-refractivity contribution is -0.124. The Kier molecular flexibility index (Phi) is 5.90. The van der Waals surface area contributed by atoms with E-state index in [0.717, 1.165) is 0 Å². The molecule has 0 atom stereocenters. The van der Waals surface area contributed by atoms with E-state index in [4.69, 9.17) is 0 Å². The van der Waals surface area contributed by atoms with Crippen LogP contribution in [0, 0.1) is 0 Å². The van der Waals surface area contributed by atoms with E-state index in [-0.39, 0.29) is 24.0 Å². The van der Waals surface area contributed by atoms with Crippen molar-refractivity contribution in [3.63, 3.8) is 0 Å². The maximum Gasteiger partial charge on any atom is 0.253 e. The summed E-state index contributed by atoms with van der Waals surface area (Å²) >= 11 is 0. The predicted molar refractivity (Wildman–Crippen MR) is 77.6 cm³/mol. The van der Waals surface area contributed by atoms with Gasteiger partial charge in [0.1, 0.15) is 5.78 Å². The summed E-state index contributed by atoms with van der Waals surface area (Å²) in [5, 5.41) is 2.61. The first-order chi connectivity index (χ1) is 9.47. The lowest BCUT2D eigenvalue weighted by atomic mass is 10.1. The molecule has 5 heteroatoms. The van der Waals surface area contributed by atoms with Gasteiger partial charge in [-0.3, -0.25) is 14.4 Å². The molecule has 108 valence electrons. The van der Waals surface area contributed by atoms with Crippen LogP contribution < -0.4 is 5.32 Å². The number of hydrogen-bond donors (Lipinski definition) is 1. The SMILES string of the molecule is CCN(CC)C(=O)c1ccc(NC(=O)CC(C)=O)cc1. The molecular weight excluding hydrogens is 256 g/mol. The molecule has 1 rings (SSSR count). The van der Waals surface area contributed by atoms with Gasteiger partial charge in [0.05, 0.1) is 6.42 Å². The van der Waals surface area contributed by atoms with Crippen molar-refractivity contribution in [2.45, 2.75) is 27.2 Å². The quantitative estimate of drug-likeness (QED) is 0.809. The van der Waals surface area contributed by atoms with Crippen LogP contribution in [0.1, 0.15) is 37.6 Å². The standard InChI is InChI=1S/C15H20N2O3/c1-4-17(5-2)15(20)12-6-8-13(9-7-12)16-14(19)10-11(3)18/h6-9H,4-5,10H2,1-3H3,(H,16,19). The first kappa shape index (κ1) is 15.9. The summed E-state index contributed by atoms with van der Waals surface area (Å²) in [4.78, 5) is 36.1. The Bertz CT molecular complexity index is 490. The molecule has 2 amide bonds. The minimum Gasteiger partial charge on any atom is -0.339 e. The Labute approximate surface area is 119 Å². The number of anilines is 1. The summed E-state index contributed by atoms with van der Waals surface area (Å²) in [6.07, 6.45) is -0.139. The largest absolute Gasteiger partial charge is 0.339 e. The van der Waals surface area contributed by atoms with Crippen LogP contribution in [0.15, 0.2) is 24.3 Å². The Morgan fingerprint density at radius 2 is 1.60 bits per heavy atom. The number of hydrogen-bond acceptors (Lipinski definition) is 3. The smallest absolute Gasteiger partial charge is 0.253 e. The molecule has 5 nitrogen and oxygen atoms in total. The molecule has 1 N–H and O–H groups in total. The van der Waals surface area contributed by atoms with Gasteiger partial charge in [-0.05, 0) is 45.0 Å². The Morgan fingerprint density at radius 3 is 2.05 bits per heavy atom. The van der Waals surface area contributed by atoms with Crippen molar-refractivity contribution in [3.05, 3.63) is 29.8 Å². The van der Waals surface area contributed by atoms with E-state index in [0.29, 0.717) is 24.3 Å². The van der Waals surface area contributed by atoms with Gasteiger partial charge in [0.25, 0.3) is 5.91 Å². The summed E-state index contributed by atoms with van der Waals surface area (Å²) < 4.78 is 0. The summed E-state index contributed by atoms with van der Waals surface area (Å²) in [6.45, 7) is 6.54. The molecule has 20 heavy (non-hydrogen) atoms. The number of nitrogens with one attached hydrogen (secondary N) is 1. The summed E-state index contributed by atoms with van der Waals surface area (Å²) in [5.74, 6) is -0.562. The molecule has 0 radical (unpaired) electrons. The first-order valence-electron chi connectivity index (χ1n) is 6.66. The number of nitrogens with zero attached hydrogens (tertiary/aromatic N) is 1. The van der Waals surface area contributed by atoms with Gasteiger partial charge < -0.3 is 10.2 Å². The monoisotopic (exact) mass is 276 g/mol. The molecular formula is C15H20N2O3. The van der Waals surface area contributed by atoms with E-state index in [1.807, 2.05) is 13.8 Å². The molecule has 0 aliphatic rings. The van der Waals surface area contributed by atoms with Crippen molar-refractivity contribution >= 4 is 23.3 Å². The van der Waals surface area contributed by atoms with Gasteiger partial charge in [-0.15, -0.1) is 0 Å². The van der Waals surface area contributed by atoms with Gasteiger partial charge in [0.2, 0.25) is 5.91 Å². The van der Waals surface area contributed by atoms with E-state index in [1.54, 1.807) is 29.2 Å². The van der Waals surface area contributed by atoms with Crippen LogP contribution in [-0.4, -0.2) is 35.6 Å². The maximum atomic E-state index is 12.1. The zero-order chi connectivity index (χ0) is 15.1. The minimum absolute atomic E-state index is 0.0309. The normalized spacial score (nSPS) is 9.95. The fourth-order valence-electron chi connectivity index (χ4n) is 1.82. The molecule has 0 saturated carbocycles. The predicted octanol–water partition coefficient (Wildman–Crippen LogP) is 2.09. The topological polar surface area (TPSA) is 66.5 Å².